The van der Waals surface area contributed by atoms with E-state index >= 15 is 0 Å². The van der Waals surface area contributed by atoms with Crippen molar-refractivity contribution in [1.82, 2.24) is 0 Å². The number of aliphatic hydroxyl groups is 1. The van der Waals surface area contributed by atoms with Gasteiger partial charge in [-0.25, -0.2) is 0 Å². The highest BCUT2D eigenvalue weighted by Gasteiger charge is 2.32. The van der Waals surface area contributed by atoms with Crippen LogP contribution in [0, 0.1) is 0 Å². The predicted molar refractivity (Wildman–Crippen MR) is 40.8 cm³/mol. The zero-order valence-electron chi connectivity index (χ0n) is 6.37. The third-order valence-electron chi connectivity index (χ3n) is 2.03. The maximum atomic E-state index is 9.62. The van der Waals surface area contributed by atoms with Gasteiger partial charge in [0.15, 0.2) is 5.79 Å². The van der Waals surface area contributed by atoms with Crippen LogP contribution >= 0.6 is 0 Å². The first-order chi connectivity index (χ1) is 5.20. The van der Waals surface area contributed by atoms with Crippen LogP contribution in [0.4, 0.5) is 0 Å². The van der Waals surface area contributed by atoms with Crippen molar-refractivity contribution in [3.63, 3.8) is 0 Å². The first kappa shape index (κ1) is 6.83. The Kier molecular flexibility index (Phi) is 1.28. The lowest BCUT2D eigenvalue weighted by Gasteiger charge is -2.15. The highest BCUT2D eigenvalue weighted by Crippen LogP contribution is 2.33. The highest BCUT2D eigenvalue weighted by molar-refractivity contribution is 5.32. The summed E-state index contributed by atoms with van der Waals surface area (Å²) in [6.07, 6.45) is 0. The summed E-state index contributed by atoms with van der Waals surface area (Å²) < 4.78 is 5.17. The molecule has 1 unspecified atom stereocenters. The molecule has 2 heteroatoms. The van der Waals surface area contributed by atoms with E-state index in [-0.39, 0.29) is 0 Å². The van der Waals surface area contributed by atoms with Gasteiger partial charge in [0.1, 0.15) is 0 Å². The van der Waals surface area contributed by atoms with E-state index in [1.54, 1.807) is 6.92 Å². The van der Waals surface area contributed by atoms with Crippen LogP contribution in [0.15, 0.2) is 24.3 Å². The quantitative estimate of drug-likeness (QED) is 0.605. The predicted octanol–water partition coefficient (Wildman–Crippen LogP) is 1.38. The number of hydrogen-bond donors (Lipinski definition) is 1. The summed E-state index contributed by atoms with van der Waals surface area (Å²) >= 11 is 0. The Bertz CT molecular complexity index is 279. The smallest absolute Gasteiger partial charge is 0.190 e. The first-order valence-electron chi connectivity index (χ1n) is 3.65. The monoisotopic (exact) mass is 150 g/mol. The molecule has 0 aromatic heterocycles. The average Bonchev–Trinajstić information content (AvgIpc) is 2.29. The van der Waals surface area contributed by atoms with Crippen molar-refractivity contribution < 1.29 is 9.84 Å². The van der Waals surface area contributed by atoms with E-state index < -0.39 is 5.79 Å². The molecule has 0 spiro atoms. The van der Waals surface area contributed by atoms with Gasteiger partial charge in [-0.1, -0.05) is 24.3 Å². The lowest BCUT2D eigenvalue weighted by Crippen LogP contribution is -2.18. The molecule has 1 aromatic rings. The molecule has 0 amide bonds. The van der Waals surface area contributed by atoms with Crippen LogP contribution in [0.1, 0.15) is 18.1 Å². The first-order valence-corrected chi connectivity index (χ1v) is 3.65. The van der Waals surface area contributed by atoms with Gasteiger partial charge >= 0.3 is 0 Å². The molecule has 0 fully saturated rings. The van der Waals surface area contributed by atoms with E-state index in [0.717, 1.165) is 11.1 Å². The molecule has 1 atom stereocenters. The Labute approximate surface area is 65.4 Å². The van der Waals surface area contributed by atoms with Gasteiger partial charge < -0.3 is 9.84 Å². The van der Waals surface area contributed by atoms with Crippen LogP contribution in [0.2, 0.25) is 0 Å². The summed E-state index contributed by atoms with van der Waals surface area (Å²) in [6.45, 7) is 2.18. The van der Waals surface area contributed by atoms with Crippen molar-refractivity contribution in [1.29, 1.82) is 0 Å². The van der Waals surface area contributed by atoms with Gasteiger partial charge in [0.05, 0.1) is 6.61 Å². The van der Waals surface area contributed by atoms with E-state index in [1.807, 2.05) is 24.3 Å². The molecule has 58 valence electrons. The van der Waals surface area contributed by atoms with Crippen molar-refractivity contribution in [3.05, 3.63) is 35.4 Å². The molecule has 1 aliphatic rings. The van der Waals surface area contributed by atoms with Gasteiger partial charge in [0.25, 0.3) is 0 Å². The van der Waals surface area contributed by atoms with Crippen molar-refractivity contribution in [3.8, 4) is 0 Å². The fourth-order valence-electron chi connectivity index (χ4n) is 1.39. The number of rotatable bonds is 0. The van der Waals surface area contributed by atoms with Crippen LogP contribution < -0.4 is 0 Å². The Morgan fingerprint density at radius 3 is 2.91 bits per heavy atom. The molecule has 1 heterocycles. The number of hydrogen-bond acceptors (Lipinski definition) is 2. The minimum absolute atomic E-state index is 0.517. The van der Waals surface area contributed by atoms with Gasteiger partial charge in [0.2, 0.25) is 0 Å². The zero-order chi connectivity index (χ0) is 7.90. The van der Waals surface area contributed by atoms with Gasteiger partial charge in [-0.15, -0.1) is 0 Å². The normalized spacial score (nSPS) is 28.5. The summed E-state index contributed by atoms with van der Waals surface area (Å²) in [7, 11) is 0. The van der Waals surface area contributed by atoms with Crippen molar-refractivity contribution in [2.24, 2.45) is 0 Å². The summed E-state index contributed by atoms with van der Waals surface area (Å²) in [5.74, 6) is -1.07. The SMILES string of the molecule is CC1(O)OCc2ccccc21. The van der Waals surface area contributed by atoms with Gasteiger partial charge in [0, 0.05) is 5.56 Å². The van der Waals surface area contributed by atoms with Gasteiger partial charge in [-0.05, 0) is 12.5 Å². The van der Waals surface area contributed by atoms with Crippen molar-refractivity contribution >= 4 is 0 Å². The number of ether oxygens (including phenoxy) is 1. The van der Waals surface area contributed by atoms with E-state index in [1.165, 1.54) is 0 Å². The van der Waals surface area contributed by atoms with Crippen molar-refractivity contribution in [2.75, 3.05) is 0 Å². The third kappa shape index (κ3) is 0.951. The lowest BCUT2D eigenvalue weighted by molar-refractivity contribution is -0.188. The maximum absolute atomic E-state index is 9.62. The molecule has 0 radical (unpaired) electrons. The molecule has 2 nitrogen and oxygen atoms in total. The molecule has 0 bridgehead atoms. The zero-order valence-corrected chi connectivity index (χ0v) is 6.37. The Morgan fingerprint density at radius 2 is 2.18 bits per heavy atom. The fraction of sp³-hybridized carbons (Fsp3) is 0.333. The second-order valence-corrected chi connectivity index (χ2v) is 2.93. The average molecular weight is 150 g/mol. The molecule has 11 heavy (non-hydrogen) atoms. The maximum Gasteiger partial charge on any atom is 0.190 e. The second-order valence-electron chi connectivity index (χ2n) is 2.93. The fourth-order valence-corrected chi connectivity index (χ4v) is 1.39. The van der Waals surface area contributed by atoms with Crippen LogP contribution in [0.3, 0.4) is 0 Å². The molecule has 0 saturated carbocycles. The molecule has 0 saturated heterocycles. The molecule has 1 aromatic carbocycles. The third-order valence-corrected chi connectivity index (χ3v) is 2.03. The van der Waals surface area contributed by atoms with Gasteiger partial charge in [-0.2, -0.15) is 0 Å². The van der Waals surface area contributed by atoms with Crippen molar-refractivity contribution in [2.45, 2.75) is 19.3 Å². The molecule has 1 N–H and O–H groups in total. The van der Waals surface area contributed by atoms with Gasteiger partial charge in [-0.3, -0.25) is 0 Å². The summed E-state index contributed by atoms with van der Waals surface area (Å²) in [6, 6.07) is 7.71. The van der Waals surface area contributed by atoms with Crippen LogP contribution in [0.25, 0.3) is 0 Å². The summed E-state index contributed by atoms with van der Waals surface area (Å²) in [5, 5.41) is 9.62. The molecule has 0 aliphatic carbocycles. The summed E-state index contributed by atoms with van der Waals surface area (Å²) in [5.41, 5.74) is 1.97. The highest BCUT2D eigenvalue weighted by atomic mass is 16.6. The largest absolute Gasteiger partial charge is 0.362 e. The van der Waals surface area contributed by atoms with Crippen LogP contribution in [-0.4, -0.2) is 5.11 Å². The second kappa shape index (κ2) is 2.06. The van der Waals surface area contributed by atoms with E-state index in [9.17, 15) is 5.11 Å². The Hall–Kier alpha value is -0.860. The number of benzene rings is 1. The minimum Gasteiger partial charge on any atom is -0.362 e. The topological polar surface area (TPSA) is 29.5 Å². The van der Waals surface area contributed by atoms with Crippen LogP contribution in [-0.2, 0) is 17.1 Å². The summed E-state index contributed by atoms with van der Waals surface area (Å²) in [4.78, 5) is 0. The Morgan fingerprint density at radius 1 is 1.45 bits per heavy atom. The molecule has 2 rings (SSSR count). The molecular formula is C9H10O2. The molecular weight excluding hydrogens is 140 g/mol. The van der Waals surface area contributed by atoms with Crippen LogP contribution in [0.5, 0.6) is 0 Å². The minimum atomic E-state index is -1.07. The van der Waals surface area contributed by atoms with E-state index in [4.69, 9.17) is 4.74 Å². The van der Waals surface area contributed by atoms with E-state index in [0.29, 0.717) is 6.61 Å². The standard InChI is InChI=1S/C9H10O2/c1-9(10)8-5-3-2-4-7(8)6-11-9/h2-5,10H,6H2,1H3. The Balaban J connectivity index is 2.56. The lowest BCUT2D eigenvalue weighted by atomic mass is 10.0. The van der Waals surface area contributed by atoms with E-state index in [2.05, 4.69) is 0 Å². The number of fused-ring (bicyclic) bond motifs is 1. The molecule has 1 aliphatic heterocycles.